The minimum atomic E-state index is -2.17. The van der Waals surface area contributed by atoms with Crippen molar-refractivity contribution >= 4 is 33.1 Å². The molecule has 0 amide bonds. The van der Waals surface area contributed by atoms with E-state index < -0.39 is 6.85 Å². The maximum absolute atomic E-state index is 7.75. The maximum Gasteiger partial charge on any atom is 0.227 e. The van der Waals surface area contributed by atoms with Gasteiger partial charge in [-0.1, -0.05) is 136 Å². The van der Waals surface area contributed by atoms with Crippen molar-refractivity contribution in [1.82, 2.24) is 14.5 Å². The van der Waals surface area contributed by atoms with E-state index in [1.807, 2.05) is 18.2 Å². The number of hydrogen-bond donors (Lipinski definition) is 0. The van der Waals surface area contributed by atoms with Gasteiger partial charge in [0.05, 0.1) is 28.0 Å². The van der Waals surface area contributed by atoms with Gasteiger partial charge in [0.25, 0.3) is 0 Å². The third-order valence-electron chi connectivity index (χ3n) is 9.72. The number of imidazole rings is 1. The molecule has 0 unspecified atom stereocenters. The second-order valence-electron chi connectivity index (χ2n) is 14.1. The Bertz CT molecular complexity index is 2770. The van der Waals surface area contributed by atoms with Crippen molar-refractivity contribution in [3.63, 3.8) is 0 Å². The molecule has 9 aromatic rings. The largest absolute Gasteiger partial charge is 0.437 e. The standard InChI is InChI=1S/C47H37N3O/c1-30-22-24-33(25-23-30)40-27-26-36-35-18-13-19-37(44(35)51-46(36)49-40)45-48-41-20-11-12-21-42(41)50(45)43-38(31-14-7-5-8-15-31)28-34(47(2,3)4)29-39(43)32-16-9-6-10-17-32/h5-29H,1-4H3/i1D3. The predicted molar refractivity (Wildman–Crippen MR) is 211 cm³/mol. The molecule has 0 spiro atoms. The Morgan fingerprint density at radius 3 is 1.92 bits per heavy atom. The van der Waals surface area contributed by atoms with Crippen molar-refractivity contribution < 1.29 is 8.53 Å². The summed E-state index contributed by atoms with van der Waals surface area (Å²) in [6.07, 6.45) is 0. The van der Waals surface area contributed by atoms with E-state index in [1.165, 1.54) is 5.56 Å². The minimum absolute atomic E-state index is 0.103. The number of furan rings is 1. The number of para-hydroxylation sites is 3. The molecule has 51 heavy (non-hydrogen) atoms. The Balaban J connectivity index is 1.32. The second kappa shape index (κ2) is 12.0. The van der Waals surface area contributed by atoms with Crippen LogP contribution in [0, 0.1) is 6.85 Å². The first-order valence-electron chi connectivity index (χ1n) is 18.8. The molecule has 0 atom stereocenters. The number of fused-ring (bicyclic) bond motifs is 4. The minimum Gasteiger partial charge on any atom is -0.437 e. The van der Waals surface area contributed by atoms with E-state index in [2.05, 4.69) is 135 Å². The molecule has 0 aliphatic rings. The lowest BCUT2D eigenvalue weighted by molar-refractivity contribution is 0.590. The molecule has 0 saturated carbocycles. The van der Waals surface area contributed by atoms with Crippen molar-refractivity contribution in [2.24, 2.45) is 0 Å². The normalized spacial score (nSPS) is 13.0. The van der Waals surface area contributed by atoms with E-state index in [9.17, 15) is 0 Å². The van der Waals surface area contributed by atoms with Crippen LogP contribution >= 0.6 is 0 Å². The quantitative estimate of drug-likeness (QED) is 0.184. The first kappa shape index (κ1) is 27.5. The van der Waals surface area contributed by atoms with Crippen LogP contribution in [0.15, 0.2) is 156 Å². The van der Waals surface area contributed by atoms with Crippen molar-refractivity contribution in [3.05, 3.63) is 163 Å². The Labute approximate surface area is 301 Å². The van der Waals surface area contributed by atoms with Crippen LogP contribution in [0.3, 0.4) is 0 Å². The molecule has 0 fully saturated rings. The van der Waals surface area contributed by atoms with Crippen LogP contribution in [0.4, 0.5) is 0 Å². The third kappa shape index (κ3) is 5.32. The lowest BCUT2D eigenvalue weighted by atomic mass is 9.82. The van der Waals surface area contributed by atoms with Crippen LogP contribution < -0.4 is 0 Å². The molecule has 4 nitrogen and oxygen atoms in total. The summed E-state index contributed by atoms with van der Waals surface area (Å²) in [4.78, 5) is 10.3. The van der Waals surface area contributed by atoms with Crippen LogP contribution in [0.1, 0.15) is 36.0 Å². The Hall–Kier alpha value is -6.26. The average Bonchev–Trinajstić information content (AvgIpc) is 3.76. The SMILES string of the molecule is [2H]C([2H])([2H])c1ccc(-c2ccc3c(n2)oc2c(-c4nc5ccccc5n4-c4c(-c5ccccc5)cc(C(C)(C)C)cc4-c4ccccc4)cccc23)cc1. The van der Waals surface area contributed by atoms with E-state index >= 15 is 0 Å². The topological polar surface area (TPSA) is 43.9 Å². The van der Waals surface area contributed by atoms with Crippen molar-refractivity contribution in [1.29, 1.82) is 0 Å². The first-order valence-corrected chi connectivity index (χ1v) is 17.3. The molecule has 0 aliphatic heterocycles. The second-order valence-corrected chi connectivity index (χ2v) is 14.1. The molecule has 0 radical (unpaired) electrons. The summed E-state index contributed by atoms with van der Waals surface area (Å²) >= 11 is 0. The fourth-order valence-electron chi connectivity index (χ4n) is 7.07. The van der Waals surface area contributed by atoms with E-state index in [-0.39, 0.29) is 5.41 Å². The van der Waals surface area contributed by atoms with E-state index in [1.54, 1.807) is 24.3 Å². The zero-order valence-electron chi connectivity index (χ0n) is 31.7. The van der Waals surface area contributed by atoms with Gasteiger partial charge in [-0.2, -0.15) is 0 Å². The smallest absolute Gasteiger partial charge is 0.227 e. The fraction of sp³-hybridized carbons (Fsp3) is 0.106. The third-order valence-corrected chi connectivity index (χ3v) is 9.72. The molecule has 0 saturated heterocycles. The van der Waals surface area contributed by atoms with Crippen LogP contribution in [-0.4, -0.2) is 14.5 Å². The van der Waals surface area contributed by atoms with E-state index in [4.69, 9.17) is 18.5 Å². The lowest BCUT2D eigenvalue weighted by Gasteiger charge is -2.26. The summed E-state index contributed by atoms with van der Waals surface area (Å²) in [5.41, 5.74) is 12.3. The summed E-state index contributed by atoms with van der Waals surface area (Å²) in [6, 6.07) is 51.2. The molecule has 6 aromatic carbocycles. The number of benzene rings is 6. The zero-order valence-corrected chi connectivity index (χ0v) is 28.7. The molecule has 3 heterocycles. The number of pyridine rings is 1. The molecular formula is C47H37N3O. The van der Waals surface area contributed by atoms with Gasteiger partial charge in [-0.25, -0.2) is 9.97 Å². The summed E-state index contributed by atoms with van der Waals surface area (Å²) in [5, 5.41) is 1.83. The Kier molecular flexibility index (Phi) is 6.46. The molecule has 0 aliphatic carbocycles. The average molecular weight is 663 g/mol. The van der Waals surface area contributed by atoms with Gasteiger partial charge in [-0.15, -0.1) is 0 Å². The number of nitrogens with zero attached hydrogens (tertiary/aromatic N) is 3. The van der Waals surface area contributed by atoms with Crippen LogP contribution in [-0.2, 0) is 5.41 Å². The number of aryl methyl sites for hydroxylation is 1. The van der Waals surface area contributed by atoms with Gasteiger partial charge in [-0.05, 0) is 71.4 Å². The van der Waals surface area contributed by atoms with Crippen molar-refractivity contribution in [3.8, 4) is 50.6 Å². The first-order chi connectivity index (χ1) is 26.0. The van der Waals surface area contributed by atoms with Gasteiger partial charge in [-0.3, -0.25) is 4.57 Å². The number of rotatable bonds is 5. The monoisotopic (exact) mass is 662 g/mol. The zero-order chi connectivity index (χ0) is 37.2. The van der Waals surface area contributed by atoms with Gasteiger partial charge in [0.15, 0.2) is 0 Å². The van der Waals surface area contributed by atoms with Crippen molar-refractivity contribution in [2.45, 2.75) is 33.0 Å². The van der Waals surface area contributed by atoms with E-state index in [0.717, 1.165) is 66.7 Å². The maximum atomic E-state index is 7.75. The lowest BCUT2D eigenvalue weighted by Crippen LogP contribution is -2.13. The summed E-state index contributed by atoms with van der Waals surface area (Å²) in [6.45, 7) is 4.62. The highest BCUT2D eigenvalue weighted by Crippen LogP contribution is 2.44. The highest BCUT2D eigenvalue weighted by molar-refractivity contribution is 6.09. The predicted octanol–water partition coefficient (Wildman–Crippen LogP) is 12.6. The van der Waals surface area contributed by atoms with Crippen LogP contribution in [0.25, 0.3) is 83.7 Å². The van der Waals surface area contributed by atoms with Crippen LogP contribution in [0.2, 0.25) is 0 Å². The van der Waals surface area contributed by atoms with Gasteiger partial charge < -0.3 is 4.42 Å². The Morgan fingerprint density at radius 2 is 1.25 bits per heavy atom. The molecule has 4 heteroatoms. The fourth-order valence-corrected chi connectivity index (χ4v) is 7.07. The highest BCUT2D eigenvalue weighted by atomic mass is 16.3. The summed E-state index contributed by atoms with van der Waals surface area (Å²) < 4.78 is 32.3. The molecule has 0 N–H and O–H groups in total. The highest BCUT2D eigenvalue weighted by Gasteiger charge is 2.26. The molecule has 0 bridgehead atoms. The number of aromatic nitrogens is 3. The van der Waals surface area contributed by atoms with E-state index in [0.29, 0.717) is 22.6 Å². The van der Waals surface area contributed by atoms with Crippen molar-refractivity contribution in [2.75, 3.05) is 0 Å². The summed E-state index contributed by atoms with van der Waals surface area (Å²) in [5.74, 6) is 0.763. The Morgan fingerprint density at radius 1 is 0.588 bits per heavy atom. The molecule has 246 valence electrons. The van der Waals surface area contributed by atoms with Gasteiger partial charge in [0, 0.05) is 31.6 Å². The van der Waals surface area contributed by atoms with Crippen LogP contribution in [0.5, 0.6) is 0 Å². The summed E-state index contributed by atoms with van der Waals surface area (Å²) in [7, 11) is 0. The van der Waals surface area contributed by atoms with Gasteiger partial charge in [0.2, 0.25) is 5.71 Å². The molecular weight excluding hydrogens is 623 g/mol. The molecule has 3 aromatic heterocycles. The van der Waals surface area contributed by atoms with Gasteiger partial charge in [0.1, 0.15) is 11.4 Å². The molecule has 9 rings (SSSR count). The van der Waals surface area contributed by atoms with Gasteiger partial charge >= 0.3 is 0 Å². The number of hydrogen-bond acceptors (Lipinski definition) is 3.